The summed E-state index contributed by atoms with van der Waals surface area (Å²) in [5.74, 6) is -1.95. The van der Waals surface area contributed by atoms with Crippen LogP contribution in [0.4, 0.5) is 10.1 Å². The molecule has 8 nitrogen and oxygen atoms in total. The van der Waals surface area contributed by atoms with Crippen LogP contribution in [0, 0.1) is 5.82 Å². The van der Waals surface area contributed by atoms with Crippen molar-refractivity contribution < 1.29 is 22.4 Å². The Morgan fingerprint density at radius 2 is 1.74 bits per heavy atom. The van der Waals surface area contributed by atoms with E-state index in [2.05, 4.69) is 5.32 Å². The van der Waals surface area contributed by atoms with Gasteiger partial charge >= 0.3 is 10.2 Å². The molecule has 0 aliphatic heterocycles. The highest BCUT2D eigenvalue weighted by Gasteiger charge is 2.33. The molecule has 2 amide bonds. The molecule has 186 valence electrons. The van der Waals surface area contributed by atoms with Crippen LogP contribution in [-0.2, 0) is 26.3 Å². The summed E-state index contributed by atoms with van der Waals surface area (Å²) in [6.07, 6.45) is 0. The van der Waals surface area contributed by atoms with Crippen molar-refractivity contribution in [3.05, 3.63) is 63.9 Å². The number of likely N-dealkylation sites (N-methyl/N-ethyl adjacent to an activating group) is 1. The van der Waals surface area contributed by atoms with Crippen molar-refractivity contribution in [3.8, 4) is 0 Å². The summed E-state index contributed by atoms with van der Waals surface area (Å²) < 4.78 is 42.1. The van der Waals surface area contributed by atoms with Gasteiger partial charge in [-0.1, -0.05) is 41.4 Å². The molecule has 0 saturated heterocycles. The zero-order valence-electron chi connectivity index (χ0n) is 19.3. The zero-order valence-corrected chi connectivity index (χ0v) is 21.6. The second-order valence-electron chi connectivity index (χ2n) is 7.59. The largest absolute Gasteiger partial charge is 0.355 e. The Morgan fingerprint density at radius 1 is 1.09 bits per heavy atom. The highest BCUT2D eigenvalue weighted by Crippen LogP contribution is 2.26. The van der Waals surface area contributed by atoms with Crippen LogP contribution >= 0.6 is 23.2 Å². The second kappa shape index (κ2) is 11.8. The van der Waals surface area contributed by atoms with Crippen LogP contribution in [0.3, 0.4) is 0 Å². The predicted molar refractivity (Wildman–Crippen MR) is 132 cm³/mol. The molecule has 0 fully saturated rings. The number of anilines is 1. The van der Waals surface area contributed by atoms with E-state index in [-0.39, 0.29) is 17.3 Å². The van der Waals surface area contributed by atoms with Gasteiger partial charge in [0.15, 0.2) is 0 Å². The van der Waals surface area contributed by atoms with E-state index in [1.807, 2.05) is 0 Å². The quantitative estimate of drug-likeness (QED) is 0.508. The first kappa shape index (κ1) is 27.8. The molecule has 0 aromatic heterocycles. The molecule has 1 atom stereocenters. The van der Waals surface area contributed by atoms with Gasteiger partial charge in [0.2, 0.25) is 11.8 Å². The third-order valence-electron chi connectivity index (χ3n) is 5.00. The first-order valence-corrected chi connectivity index (χ1v) is 12.5. The van der Waals surface area contributed by atoms with Crippen molar-refractivity contribution >= 4 is 50.9 Å². The average Bonchev–Trinajstić information content (AvgIpc) is 2.78. The van der Waals surface area contributed by atoms with E-state index in [4.69, 9.17) is 23.2 Å². The Bertz CT molecular complexity index is 1150. The molecule has 34 heavy (non-hydrogen) atoms. The Kier molecular flexibility index (Phi) is 9.69. The van der Waals surface area contributed by atoms with Crippen LogP contribution in [0.5, 0.6) is 0 Å². The molecule has 0 bridgehead atoms. The fourth-order valence-electron chi connectivity index (χ4n) is 3.10. The molecule has 2 aromatic rings. The molecule has 2 rings (SSSR count). The molecule has 0 spiro atoms. The van der Waals surface area contributed by atoms with Crippen LogP contribution in [0.2, 0.25) is 10.0 Å². The lowest BCUT2D eigenvalue weighted by Gasteiger charge is -2.32. The third-order valence-corrected chi connectivity index (χ3v) is 7.54. The monoisotopic (exact) mass is 532 g/mol. The number of rotatable bonds is 10. The van der Waals surface area contributed by atoms with Crippen molar-refractivity contribution in [2.24, 2.45) is 0 Å². The molecule has 0 saturated carbocycles. The van der Waals surface area contributed by atoms with E-state index >= 15 is 0 Å². The number of hydrogen-bond donors (Lipinski definition) is 1. The summed E-state index contributed by atoms with van der Waals surface area (Å²) in [5, 5.41) is 3.24. The lowest BCUT2D eigenvalue weighted by atomic mass is 10.1. The molecule has 1 N–H and O–H groups in total. The molecule has 0 aliphatic carbocycles. The van der Waals surface area contributed by atoms with Crippen LogP contribution in [0.1, 0.15) is 19.4 Å². The summed E-state index contributed by atoms with van der Waals surface area (Å²) in [7, 11) is -1.69. The van der Waals surface area contributed by atoms with Gasteiger partial charge in [-0.2, -0.15) is 12.7 Å². The first-order chi connectivity index (χ1) is 15.9. The second-order valence-corrected chi connectivity index (χ2v) is 10.5. The summed E-state index contributed by atoms with van der Waals surface area (Å²) >= 11 is 12.1. The fourth-order valence-corrected chi connectivity index (χ4v) is 4.48. The molecule has 0 radical (unpaired) electrons. The fraction of sp³-hybridized carbons (Fsp3) is 0.364. The molecular formula is C22H27Cl2FN4O4S. The maximum absolute atomic E-state index is 14.6. The summed E-state index contributed by atoms with van der Waals surface area (Å²) in [5.41, 5.74) is 0.288. The van der Waals surface area contributed by atoms with Crippen LogP contribution in [0.15, 0.2) is 42.5 Å². The van der Waals surface area contributed by atoms with E-state index in [1.54, 1.807) is 25.1 Å². The highest BCUT2D eigenvalue weighted by molar-refractivity contribution is 7.90. The van der Waals surface area contributed by atoms with Crippen LogP contribution < -0.4 is 9.62 Å². The van der Waals surface area contributed by atoms with Crippen LogP contribution in [0.25, 0.3) is 0 Å². The number of halogens is 3. The molecule has 12 heteroatoms. The number of para-hydroxylation sites is 1. The molecule has 0 aliphatic rings. The molecule has 1 unspecified atom stereocenters. The summed E-state index contributed by atoms with van der Waals surface area (Å²) in [6, 6.07) is 9.04. The Balaban J connectivity index is 2.48. The van der Waals surface area contributed by atoms with Gasteiger partial charge < -0.3 is 10.2 Å². The minimum Gasteiger partial charge on any atom is -0.355 e. The number of carbonyl (C=O) groups is 2. The minimum atomic E-state index is -4.24. The Morgan fingerprint density at radius 3 is 2.29 bits per heavy atom. The maximum atomic E-state index is 14.6. The van der Waals surface area contributed by atoms with Crippen molar-refractivity contribution in [3.63, 3.8) is 0 Å². The smallest absolute Gasteiger partial charge is 0.304 e. The van der Waals surface area contributed by atoms with Gasteiger partial charge in [-0.25, -0.2) is 8.70 Å². The number of nitrogens with zero attached hydrogens (tertiary/aromatic N) is 3. The van der Waals surface area contributed by atoms with E-state index in [9.17, 15) is 22.4 Å². The normalized spacial score (nSPS) is 12.4. The Hall–Kier alpha value is -2.40. The number of amides is 2. The van der Waals surface area contributed by atoms with Gasteiger partial charge in [-0.05, 0) is 43.7 Å². The van der Waals surface area contributed by atoms with Crippen molar-refractivity contribution in [2.45, 2.75) is 26.4 Å². The Labute approximate surface area is 209 Å². The third kappa shape index (κ3) is 6.59. The standard InChI is InChI=1S/C22H27Cl2FN4O4S/c1-5-26-22(31)15(2)28(13-16-10-11-17(23)18(24)12-16)21(30)14-29(34(32,33)27(3)4)20-9-7-6-8-19(20)25/h6-12,15H,5,13-14H2,1-4H3,(H,26,31). The van der Waals surface area contributed by atoms with E-state index in [1.165, 1.54) is 44.1 Å². The van der Waals surface area contributed by atoms with E-state index in [0.717, 1.165) is 10.4 Å². The van der Waals surface area contributed by atoms with Gasteiger partial charge in [0, 0.05) is 27.2 Å². The van der Waals surface area contributed by atoms with Gasteiger partial charge in [-0.15, -0.1) is 0 Å². The molecular weight excluding hydrogens is 506 g/mol. The maximum Gasteiger partial charge on any atom is 0.304 e. The SMILES string of the molecule is CCNC(=O)C(C)N(Cc1ccc(Cl)c(Cl)c1)C(=O)CN(c1ccccc1F)S(=O)(=O)N(C)C. The van der Waals surface area contributed by atoms with Gasteiger partial charge in [0.25, 0.3) is 0 Å². The van der Waals surface area contributed by atoms with Gasteiger partial charge in [0.1, 0.15) is 18.4 Å². The van der Waals surface area contributed by atoms with E-state index in [0.29, 0.717) is 21.4 Å². The lowest BCUT2D eigenvalue weighted by Crippen LogP contribution is -2.52. The highest BCUT2D eigenvalue weighted by atomic mass is 35.5. The topological polar surface area (TPSA) is 90.0 Å². The van der Waals surface area contributed by atoms with Crippen molar-refractivity contribution in [1.29, 1.82) is 0 Å². The van der Waals surface area contributed by atoms with Crippen molar-refractivity contribution in [2.75, 3.05) is 31.5 Å². The van der Waals surface area contributed by atoms with Crippen LogP contribution in [-0.4, -0.2) is 62.7 Å². The van der Waals surface area contributed by atoms with Gasteiger partial charge in [-0.3, -0.25) is 9.59 Å². The molecule has 0 heterocycles. The number of hydrogen-bond acceptors (Lipinski definition) is 4. The predicted octanol–water partition coefficient (Wildman–Crippen LogP) is 3.30. The number of benzene rings is 2. The number of carbonyl (C=O) groups excluding carboxylic acids is 2. The molecule has 2 aromatic carbocycles. The van der Waals surface area contributed by atoms with Gasteiger partial charge in [0.05, 0.1) is 15.7 Å². The summed E-state index contributed by atoms with van der Waals surface area (Å²) in [6.45, 7) is 2.82. The number of nitrogens with one attached hydrogen (secondary N) is 1. The zero-order chi connectivity index (χ0) is 25.6. The average molecular weight is 533 g/mol. The lowest BCUT2D eigenvalue weighted by molar-refractivity contribution is -0.139. The first-order valence-electron chi connectivity index (χ1n) is 10.4. The minimum absolute atomic E-state index is 0.0544. The summed E-state index contributed by atoms with van der Waals surface area (Å²) in [4.78, 5) is 27.2. The van der Waals surface area contributed by atoms with Crippen molar-refractivity contribution in [1.82, 2.24) is 14.5 Å². The van der Waals surface area contributed by atoms with E-state index < -0.39 is 40.4 Å².